The van der Waals surface area contributed by atoms with E-state index < -0.39 is 0 Å². The van der Waals surface area contributed by atoms with Gasteiger partial charge in [0, 0.05) is 12.6 Å². The van der Waals surface area contributed by atoms with E-state index in [1.165, 1.54) is 58.2 Å². The van der Waals surface area contributed by atoms with Gasteiger partial charge in [-0.3, -0.25) is 0 Å². The molecule has 0 atom stereocenters. The lowest BCUT2D eigenvalue weighted by atomic mass is 10.1. The Morgan fingerprint density at radius 2 is 1.81 bits per heavy atom. The van der Waals surface area contributed by atoms with Crippen LogP contribution in [0.4, 0.5) is 0 Å². The molecule has 16 heavy (non-hydrogen) atoms. The van der Waals surface area contributed by atoms with E-state index in [4.69, 9.17) is 0 Å². The summed E-state index contributed by atoms with van der Waals surface area (Å²) in [5.74, 6) is 1.03. The van der Waals surface area contributed by atoms with E-state index in [9.17, 15) is 0 Å². The standard InChI is InChI=1S/C14H30N2/c1-13(2)16(12-14-8-9-14)11-7-5-4-6-10-15-3/h13-15H,4-12H2,1-3H3. The summed E-state index contributed by atoms with van der Waals surface area (Å²) in [7, 11) is 2.04. The van der Waals surface area contributed by atoms with Gasteiger partial charge in [-0.25, -0.2) is 0 Å². The van der Waals surface area contributed by atoms with Crippen molar-refractivity contribution in [2.24, 2.45) is 5.92 Å². The van der Waals surface area contributed by atoms with Crippen LogP contribution in [-0.2, 0) is 0 Å². The molecule has 0 aromatic heterocycles. The van der Waals surface area contributed by atoms with Crippen LogP contribution in [0.15, 0.2) is 0 Å². The van der Waals surface area contributed by atoms with Crippen LogP contribution >= 0.6 is 0 Å². The molecule has 0 aromatic carbocycles. The Bertz CT molecular complexity index is 164. The second kappa shape index (κ2) is 8.08. The van der Waals surface area contributed by atoms with Crippen LogP contribution in [0, 0.1) is 5.92 Å². The van der Waals surface area contributed by atoms with E-state index >= 15 is 0 Å². The zero-order valence-corrected chi connectivity index (χ0v) is 11.5. The van der Waals surface area contributed by atoms with Crippen molar-refractivity contribution < 1.29 is 0 Å². The maximum atomic E-state index is 3.21. The first-order valence-electron chi connectivity index (χ1n) is 7.12. The molecule has 1 N–H and O–H groups in total. The second-order valence-corrected chi connectivity index (χ2v) is 5.55. The van der Waals surface area contributed by atoms with Gasteiger partial charge in [0.2, 0.25) is 0 Å². The third-order valence-corrected chi connectivity index (χ3v) is 3.54. The largest absolute Gasteiger partial charge is 0.320 e. The first-order valence-corrected chi connectivity index (χ1v) is 7.12. The van der Waals surface area contributed by atoms with Gasteiger partial charge >= 0.3 is 0 Å². The summed E-state index contributed by atoms with van der Waals surface area (Å²) >= 11 is 0. The van der Waals surface area contributed by atoms with E-state index in [0.717, 1.165) is 12.0 Å². The average Bonchev–Trinajstić information content (AvgIpc) is 3.05. The van der Waals surface area contributed by atoms with Gasteiger partial charge in [-0.1, -0.05) is 12.8 Å². The molecule has 1 saturated carbocycles. The van der Waals surface area contributed by atoms with Crippen molar-refractivity contribution in [2.45, 2.75) is 58.4 Å². The van der Waals surface area contributed by atoms with Gasteiger partial charge in [-0.15, -0.1) is 0 Å². The number of hydrogen-bond donors (Lipinski definition) is 1. The number of nitrogens with zero attached hydrogens (tertiary/aromatic N) is 1. The minimum atomic E-state index is 0.734. The van der Waals surface area contributed by atoms with E-state index in [-0.39, 0.29) is 0 Å². The molecule has 0 spiro atoms. The molecule has 2 nitrogen and oxygen atoms in total. The minimum Gasteiger partial charge on any atom is -0.320 e. The molecule has 0 aromatic rings. The number of unbranched alkanes of at least 4 members (excludes halogenated alkanes) is 3. The van der Waals surface area contributed by atoms with Crippen molar-refractivity contribution in [3.8, 4) is 0 Å². The van der Waals surface area contributed by atoms with Crippen molar-refractivity contribution >= 4 is 0 Å². The maximum Gasteiger partial charge on any atom is 0.00387 e. The molecule has 0 amide bonds. The highest BCUT2D eigenvalue weighted by molar-refractivity contribution is 4.78. The van der Waals surface area contributed by atoms with E-state index in [0.29, 0.717) is 0 Å². The molecule has 1 aliphatic carbocycles. The van der Waals surface area contributed by atoms with Gasteiger partial charge in [0.05, 0.1) is 0 Å². The molecule has 96 valence electrons. The fraction of sp³-hybridized carbons (Fsp3) is 1.00. The van der Waals surface area contributed by atoms with Crippen molar-refractivity contribution in [1.29, 1.82) is 0 Å². The Hall–Kier alpha value is -0.0800. The first kappa shape index (κ1) is 14.0. The zero-order chi connectivity index (χ0) is 11.8. The Labute approximate surface area is 102 Å². The fourth-order valence-electron chi connectivity index (χ4n) is 2.16. The van der Waals surface area contributed by atoms with Gasteiger partial charge in [-0.05, 0) is 65.6 Å². The number of rotatable bonds is 10. The van der Waals surface area contributed by atoms with Gasteiger partial charge in [0.1, 0.15) is 0 Å². The molecule has 0 aliphatic heterocycles. The Balaban J connectivity index is 1.98. The summed E-state index contributed by atoms with van der Waals surface area (Å²) in [5, 5.41) is 3.21. The van der Waals surface area contributed by atoms with Crippen molar-refractivity contribution in [2.75, 3.05) is 26.7 Å². The third kappa shape index (κ3) is 6.49. The summed E-state index contributed by atoms with van der Waals surface area (Å²) in [6, 6.07) is 0.734. The molecule has 0 saturated heterocycles. The second-order valence-electron chi connectivity index (χ2n) is 5.55. The molecule has 0 unspecified atom stereocenters. The summed E-state index contributed by atoms with van der Waals surface area (Å²) < 4.78 is 0. The van der Waals surface area contributed by atoms with Crippen LogP contribution in [0.5, 0.6) is 0 Å². The number of hydrogen-bond acceptors (Lipinski definition) is 2. The summed E-state index contributed by atoms with van der Waals surface area (Å²) in [6.45, 7) is 8.52. The topological polar surface area (TPSA) is 15.3 Å². The van der Waals surface area contributed by atoms with Gasteiger partial charge in [-0.2, -0.15) is 0 Å². The van der Waals surface area contributed by atoms with Crippen LogP contribution in [0.3, 0.4) is 0 Å². The lowest BCUT2D eigenvalue weighted by molar-refractivity contribution is 0.208. The van der Waals surface area contributed by atoms with E-state index in [2.05, 4.69) is 24.1 Å². The first-order chi connectivity index (χ1) is 7.74. The smallest absolute Gasteiger partial charge is 0.00387 e. The van der Waals surface area contributed by atoms with Gasteiger partial charge in [0.15, 0.2) is 0 Å². The summed E-state index contributed by atoms with van der Waals surface area (Å²) in [4.78, 5) is 2.68. The predicted molar refractivity (Wildman–Crippen MR) is 71.8 cm³/mol. The average molecular weight is 226 g/mol. The molecule has 1 aliphatic rings. The van der Waals surface area contributed by atoms with Crippen LogP contribution < -0.4 is 5.32 Å². The Morgan fingerprint density at radius 1 is 1.12 bits per heavy atom. The third-order valence-electron chi connectivity index (χ3n) is 3.54. The van der Waals surface area contributed by atoms with Crippen LogP contribution in [-0.4, -0.2) is 37.6 Å². The van der Waals surface area contributed by atoms with E-state index in [1.807, 2.05) is 7.05 Å². The van der Waals surface area contributed by atoms with Crippen molar-refractivity contribution in [3.63, 3.8) is 0 Å². The SMILES string of the molecule is CNCCCCCCN(CC1CC1)C(C)C. The van der Waals surface area contributed by atoms with Gasteiger partial charge < -0.3 is 10.2 Å². The van der Waals surface area contributed by atoms with Crippen LogP contribution in [0.1, 0.15) is 52.4 Å². The molecule has 0 radical (unpaired) electrons. The molecule has 1 rings (SSSR count). The maximum absolute atomic E-state index is 3.21. The van der Waals surface area contributed by atoms with Gasteiger partial charge in [0.25, 0.3) is 0 Å². The summed E-state index contributed by atoms with van der Waals surface area (Å²) in [6.07, 6.45) is 8.46. The Kier molecular flexibility index (Phi) is 7.06. The van der Waals surface area contributed by atoms with Crippen LogP contribution in [0.25, 0.3) is 0 Å². The molecule has 1 fully saturated rings. The normalized spacial score (nSPS) is 16.3. The monoisotopic (exact) mass is 226 g/mol. The summed E-state index contributed by atoms with van der Waals surface area (Å²) in [5.41, 5.74) is 0. The van der Waals surface area contributed by atoms with Crippen molar-refractivity contribution in [1.82, 2.24) is 10.2 Å². The van der Waals surface area contributed by atoms with E-state index in [1.54, 1.807) is 0 Å². The Morgan fingerprint density at radius 3 is 2.38 bits per heavy atom. The lowest BCUT2D eigenvalue weighted by Gasteiger charge is -2.26. The quantitative estimate of drug-likeness (QED) is 0.576. The lowest BCUT2D eigenvalue weighted by Crippen LogP contribution is -2.33. The number of nitrogens with one attached hydrogen (secondary N) is 1. The highest BCUT2D eigenvalue weighted by Crippen LogP contribution is 2.30. The molecule has 2 heteroatoms. The molecule has 0 bridgehead atoms. The van der Waals surface area contributed by atoms with Crippen LogP contribution in [0.2, 0.25) is 0 Å². The predicted octanol–water partition coefficient (Wildman–Crippen LogP) is 2.89. The highest BCUT2D eigenvalue weighted by Gasteiger charge is 2.24. The van der Waals surface area contributed by atoms with Crippen molar-refractivity contribution in [3.05, 3.63) is 0 Å². The zero-order valence-electron chi connectivity index (χ0n) is 11.5. The molecular weight excluding hydrogens is 196 g/mol. The fourth-order valence-corrected chi connectivity index (χ4v) is 2.16. The molecular formula is C14H30N2. The minimum absolute atomic E-state index is 0.734. The highest BCUT2D eigenvalue weighted by atomic mass is 15.1. The molecule has 0 heterocycles.